The number of unbranched alkanes of at least 4 members (excludes halogenated alkanes) is 2. The number of allylic oxidation sites excluding steroid dienone is 2. The van der Waals surface area contributed by atoms with Gasteiger partial charge in [0.2, 0.25) is 0 Å². The molecule has 1 saturated carbocycles. The summed E-state index contributed by atoms with van der Waals surface area (Å²) < 4.78 is 0. The zero-order valence-corrected chi connectivity index (χ0v) is 17.2. The number of rotatable bonds is 14. The largest absolute Gasteiger partial charge is 0.394 e. The maximum Gasteiger partial charge on any atom is 0.139 e. The van der Waals surface area contributed by atoms with Crippen LogP contribution >= 0.6 is 0 Å². The maximum atomic E-state index is 12.2. The molecule has 4 N–H and O–H groups in total. The molecule has 1 fully saturated rings. The van der Waals surface area contributed by atoms with Gasteiger partial charge in [-0.05, 0) is 38.5 Å². The lowest BCUT2D eigenvalue weighted by molar-refractivity contribution is -0.121. The van der Waals surface area contributed by atoms with Crippen molar-refractivity contribution >= 4 is 5.78 Å². The number of carbonyl (C=O) groups is 1. The fourth-order valence-electron chi connectivity index (χ4n) is 3.65. The zero-order chi connectivity index (χ0) is 21.0. The summed E-state index contributed by atoms with van der Waals surface area (Å²) in [7, 11) is 0. The highest BCUT2D eigenvalue weighted by atomic mass is 16.3. The van der Waals surface area contributed by atoms with E-state index in [1.54, 1.807) is 6.08 Å². The first kappa shape index (κ1) is 24.8. The average Bonchev–Trinajstić information content (AvgIpc) is 2.95. The molecule has 1 aliphatic carbocycles. The minimum absolute atomic E-state index is 0.0764. The monoisotopic (exact) mass is 394 g/mol. The number of hydrogen-bond acceptors (Lipinski definition) is 5. The van der Waals surface area contributed by atoms with E-state index in [4.69, 9.17) is 5.11 Å². The van der Waals surface area contributed by atoms with E-state index in [2.05, 4.69) is 13.5 Å². The van der Waals surface area contributed by atoms with Gasteiger partial charge in [-0.25, -0.2) is 0 Å². The van der Waals surface area contributed by atoms with Crippen LogP contribution in [0.2, 0.25) is 0 Å². The third-order valence-corrected chi connectivity index (χ3v) is 5.58. The fraction of sp³-hybridized carbons (Fsp3) is 0.696. The van der Waals surface area contributed by atoms with Crippen molar-refractivity contribution in [3.63, 3.8) is 0 Å². The van der Waals surface area contributed by atoms with E-state index < -0.39 is 17.8 Å². The molecule has 5 atom stereocenters. The maximum absolute atomic E-state index is 12.2. The number of hydrogen-bond donors (Lipinski definition) is 4. The van der Waals surface area contributed by atoms with Crippen LogP contribution in [-0.4, -0.2) is 50.6 Å². The van der Waals surface area contributed by atoms with E-state index in [9.17, 15) is 20.1 Å². The summed E-state index contributed by atoms with van der Waals surface area (Å²) in [6.07, 6.45) is 13.8. The molecule has 1 rings (SSSR count). The van der Waals surface area contributed by atoms with E-state index in [-0.39, 0.29) is 30.6 Å². The third kappa shape index (κ3) is 8.39. The van der Waals surface area contributed by atoms with Gasteiger partial charge in [0, 0.05) is 18.3 Å². The van der Waals surface area contributed by atoms with Gasteiger partial charge in [-0.1, -0.05) is 50.1 Å². The minimum atomic E-state index is -0.936. The Kier molecular flexibility index (Phi) is 11.5. The number of aliphatic hydroxyl groups excluding tert-OH is 3. The van der Waals surface area contributed by atoms with Crippen molar-refractivity contribution in [2.45, 2.75) is 82.5 Å². The van der Waals surface area contributed by atoms with Crippen LogP contribution in [0.1, 0.15) is 64.7 Å². The van der Waals surface area contributed by atoms with Crippen LogP contribution in [-0.2, 0) is 4.79 Å². The summed E-state index contributed by atoms with van der Waals surface area (Å²) in [5.41, 5.74) is -0.936. The number of Topliss-reactive ketones (excluding diaryl/α,β-unsaturated/α-hetero) is 1. The molecule has 160 valence electrons. The Morgan fingerprint density at radius 2 is 2.04 bits per heavy atom. The Morgan fingerprint density at radius 3 is 2.68 bits per heavy atom. The lowest BCUT2D eigenvalue weighted by atomic mass is 9.88. The van der Waals surface area contributed by atoms with E-state index in [0.29, 0.717) is 25.7 Å². The van der Waals surface area contributed by atoms with E-state index >= 15 is 0 Å². The molecular formula is C23H38O5. The Balaban J connectivity index is 2.56. The summed E-state index contributed by atoms with van der Waals surface area (Å²) >= 11 is 0. The Morgan fingerprint density at radius 1 is 1.29 bits per heavy atom. The first-order chi connectivity index (χ1) is 13.4. The average molecular weight is 395 g/mol. The third-order valence-electron chi connectivity index (χ3n) is 5.58. The summed E-state index contributed by atoms with van der Waals surface area (Å²) in [5, 5.41) is 38.9. The molecule has 2 unspecified atom stereocenters. The van der Waals surface area contributed by atoms with Crippen LogP contribution in [0, 0.1) is 11.8 Å². The van der Waals surface area contributed by atoms with Gasteiger partial charge in [0.25, 0.3) is 0 Å². The highest BCUT2D eigenvalue weighted by molar-refractivity contribution is 5.84. The van der Waals surface area contributed by atoms with Gasteiger partial charge in [-0.2, -0.15) is 0 Å². The molecule has 0 aromatic heterocycles. The van der Waals surface area contributed by atoms with Crippen LogP contribution in [0.5, 0.6) is 0 Å². The summed E-state index contributed by atoms with van der Waals surface area (Å²) in [4.78, 5) is 12.2. The topological polar surface area (TPSA) is 98.0 Å². The minimum Gasteiger partial charge on any atom is -0.394 e. The SMILES string of the molecule is C=CC(O)(C/C=C/[C@H]1[C@H](O)CC(=O)[C@@H]1C/C=C\CCCC(O)CO)CCCC. The normalized spacial score (nSPS) is 26.2. The van der Waals surface area contributed by atoms with Crippen molar-refractivity contribution in [2.24, 2.45) is 11.8 Å². The van der Waals surface area contributed by atoms with Gasteiger partial charge < -0.3 is 20.4 Å². The van der Waals surface area contributed by atoms with Crippen molar-refractivity contribution in [1.82, 2.24) is 0 Å². The molecule has 0 aromatic carbocycles. The van der Waals surface area contributed by atoms with E-state index in [1.807, 2.05) is 24.3 Å². The van der Waals surface area contributed by atoms with Gasteiger partial charge in [0.05, 0.1) is 24.4 Å². The molecule has 5 nitrogen and oxygen atoms in total. The smallest absolute Gasteiger partial charge is 0.139 e. The van der Waals surface area contributed by atoms with Gasteiger partial charge >= 0.3 is 0 Å². The molecule has 0 spiro atoms. The molecular weight excluding hydrogens is 356 g/mol. The predicted octanol–water partition coefficient (Wildman–Crippen LogP) is 3.08. The van der Waals surface area contributed by atoms with Gasteiger partial charge in [0.1, 0.15) is 5.78 Å². The molecule has 0 aromatic rings. The quantitative estimate of drug-likeness (QED) is 0.268. The molecule has 0 amide bonds. The molecule has 0 aliphatic heterocycles. The molecule has 0 radical (unpaired) electrons. The number of carbonyl (C=O) groups excluding carboxylic acids is 1. The van der Waals surface area contributed by atoms with Crippen LogP contribution in [0.25, 0.3) is 0 Å². The van der Waals surface area contributed by atoms with Crippen molar-refractivity contribution < 1.29 is 25.2 Å². The lowest BCUT2D eigenvalue weighted by Crippen LogP contribution is -2.25. The molecule has 0 bridgehead atoms. The highest BCUT2D eigenvalue weighted by Crippen LogP contribution is 2.34. The van der Waals surface area contributed by atoms with Crippen LogP contribution < -0.4 is 0 Å². The Bertz CT molecular complexity index is 527. The van der Waals surface area contributed by atoms with Crippen LogP contribution in [0.15, 0.2) is 37.0 Å². The molecule has 5 heteroatoms. The first-order valence-electron chi connectivity index (χ1n) is 10.5. The molecule has 0 heterocycles. The second-order valence-corrected chi connectivity index (χ2v) is 7.94. The van der Waals surface area contributed by atoms with Gasteiger partial charge in [-0.15, -0.1) is 6.58 Å². The van der Waals surface area contributed by atoms with Gasteiger partial charge in [-0.3, -0.25) is 4.79 Å². The lowest BCUT2D eigenvalue weighted by Gasteiger charge is -2.23. The van der Waals surface area contributed by atoms with Crippen molar-refractivity contribution in [3.05, 3.63) is 37.0 Å². The standard InChI is InChI=1S/C23H38O5/c1-3-5-14-23(28,4-2)15-10-13-20-19(21(26)16-22(20)27)12-9-7-6-8-11-18(25)17-24/h4,7,9-10,13,18-20,22,24-25,27-28H,2-3,5-6,8,11-12,14-17H2,1H3/b9-7-,13-10+/t18?,19-,20-,22-,23?/m1/s1. The fourth-order valence-corrected chi connectivity index (χ4v) is 3.65. The predicted molar refractivity (Wildman–Crippen MR) is 112 cm³/mol. The first-order valence-corrected chi connectivity index (χ1v) is 10.5. The zero-order valence-electron chi connectivity index (χ0n) is 17.2. The second-order valence-electron chi connectivity index (χ2n) is 7.94. The van der Waals surface area contributed by atoms with E-state index in [0.717, 1.165) is 25.7 Å². The van der Waals surface area contributed by atoms with E-state index in [1.165, 1.54) is 0 Å². The Hall–Kier alpha value is -1.27. The van der Waals surface area contributed by atoms with Crippen molar-refractivity contribution in [1.29, 1.82) is 0 Å². The van der Waals surface area contributed by atoms with Crippen molar-refractivity contribution in [2.75, 3.05) is 6.61 Å². The van der Waals surface area contributed by atoms with Crippen LogP contribution in [0.4, 0.5) is 0 Å². The van der Waals surface area contributed by atoms with Gasteiger partial charge in [0.15, 0.2) is 0 Å². The highest BCUT2D eigenvalue weighted by Gasteiger charge is 2.39. The molecule has 0 saturated heterocycles. The molecule has 1 aliphatic rings. The summed E-state index contributed by atoms with van der Waals surface area (Å²) in [6, 6.07) is 0. The van der Waals surface area contributed by atoms with Crippen LogP contribution in [0.3, 0.4) is 0 Å². The number of aliphatic hydroxyl groups is 4. The second kappa shape index (κ2) is 13.0. The summed E-state index contributed by atoms with van der Waals surface area (Å²) in [6.45, 7) is 5.59. The number of ketones is 1. The van der Waals surface area contributed by atoms with Crippen molar-refractivity contribution in [3.8, 4) is 0 Å². The molecule has 28 heavy (non-hydrogen) atoms. The summed E-state index contributed by atoms with van der Waals surface area (Å²) in [5.74, 6) is -0.390. The Labute approximate surface area is 169 Å².